The van der Waals surface area contributed by atoms with Gasteiger partial charge in [-0.2, -0.15) is 0 Å². The van der Waals surface area contributed by atoms with E-state index in [4.69, 9.17) is 9.73 Å². The summed E-state index contributed by atoms with van der Waals surface area (Å²) < 4.78 is 5.11. The Morgan fingerprint density at radius 3 is 2.69 bits per heavy atom. The van der Waals surface area contributed by atoms with Crippen molar-refractivity contribution in [3.8, 4) is 5.88 Å². The number of benzene rings is 1. The van der Waals surface area contributed by atoms with Gasteiger partial charge >= 0.3 is 0 Å². The van der Waals surface area contributed by atoms with Crippen molar-refractivity contribution in [2.45, 2.75) is 38.9 Å². The number of aliphatic imine (C=N–C) groups is 1. The number of aromatic nitrogens is 1. The summed E-state index contributed by atoms with van der Waals surface area (Å²) in [6.07, 6.45) is 4.29. The van der Waals surface area contributed by atoms with Crippen LogP contribution in [-0.2, 0) is 13.1 Å². The third-order valence-corrected chi connectivity index (χ3v) is 5.00. The van der Waals surface area contributed by atoms with Crippen molar-refractivity contribution in [3.63, 3.8) is 0 Å². The summed E-state index contributed by atoms with van der Waals surface area (Å²) in [6.45, 7) is 6.59. The van der Waals surface area contributed by atoms with E-state index in [1.54, 1.807) is 7.11 Å². The van der Waals surface area contributed by atoms with Crippen LogP contribution < -0.4 is 15.4 Å². The zero-order valence-corrected chi connectivity index (χ0v) is 19.6. The number of ether oxygens (including phenoxy) is 1. The van der Waals surface area contributed by atoms with E-state index in [1.807, 2.05) is 18.3 Å². The molecule has 0 amide bonds. The monoisotopic (exact) mass is 509 g/mol. The summed E-state index contributed by atoms with van der Waals surface area (Å²) in [7, 11) is 1.62. The van der Waals surface area contributed by atoms with Gasteiger partial charge in [-0.15, -0.1) is 24.0 Å². The largest absolute Gasteiger partial charge is 0.481 e. The van der Waals surface area contributed by atoms with Gasteiger partial charge in [0.2, 0.25) is 5.88 Å². The molecule has 0 bridgehead atoms. The highest BCUT2D eigenvalue weighted by Gasteiger charge is 2.24. The van der Waals surface area contributed by atoms with Crippen molar-refractivity contribution < 1.29 is 4.74 Å². The van der Waals surface area contributed by atoms with Gasteiger partial charge in [0.25, 0.3) is 0 Å². The average molecular weight is 509 g/mol. The number of rotatable bonds is 8. The van der Waals surface area contributed by atoms with Gasteiger partial charge in [0.15, 0.2) is 5.96 Å². The number of likely N-dealkylation sites (tertiary alicyclic amines) is 1. The second-order valence-corrected chi connectivity index (χ2v) is 7.04. The molecule has 0 saturated carbocycles. The van der Waals surface area contributed by atoms with Gasteiger partial charge in [-0.05, 0) is 37.4 Å². The minimum Gasteiger partial charge on any atom is -0.481 e. The molecule has 7 heteroatoms. The first-order chi connectivity index (χ1) is 13.8. The molecule has 158 valence electrons. The van der Waals surface area contributed by atoms with Gasteiger partial charge in [0, 0.05) is 37.9 Å². The van der Waals surface area contributed by atoms with E-state index in [-0.39, 0.29) is 24.0 Å². The van der Waals surface area contributed by atoms with Crippen LogP contribution in [0.5, 0.6) is 5.88 Å². The number of halogens is 1. The second-order valence-electron chi connectivity index (χ2n) is 7.04. The van der Waals surface area contributed by atoms with Crippen LogP contribution in [0.3, 0.4) is 0 Å². The average Bonchev–Trinajstić information content (AvgIpc) is 3.18. The molecular weight excluding hydrogens is 477 g/mol. The number of methoxy groups -OCH3 is 1. The predicted octanol–water partition coefficient (Wildman–Crippen LogP) is 3.43. The van der Waals surface area contributed by atoms with E-state index < -0.39 is 0 Å². The van der Waals surface area contributed by atoms with Crippen LogP contribution >= 0.6 is 24.0 Å². The first kappa shape index (κ1) is 23.4. The van der Waals surface area contributed by atoms with E-state index in [0.29, 0.717) is 18.5 Å². The third-order valence-electron chi connectivity index (χ3n) is 5.00. The predicted molar refractivity (Wildman–Crippen MR) is 129 cm³/mol. The maximum atomic E-state index is 5.11. The molecule has 0 spiro atoms. The molecule has 1 unspecified atom stereocenters. The molecule has 1 aliphatic rings. The Balaban J connectivity index is 0.00000300. The summed E-state index contributed by atoms with van der Waals surface area (Å²) in [4.78, 5) is 11.5. The summed E-state index contributed by atoms with van der Waals surface area (Å²) in [6, 6.07) is 15.1. The SMILES string of the molecule is CCNC(=NCc1ccc(OC)nc1)NCC1CCCN1Cc1ccccc1.I. The van der Waals surface area contributed by atoms with Crippen LogP contribution in [0.4, 0.5) is 0 Å². The summed E-state index contributed by atoms with van der Waals surface area (Å²) in [5.41, 5.74) is 2.44. The highest BCUT2D eigenvalue weighted by atomic mass is 127. The van der Waals surface area contributed by atoms with Gasteiger partial charge in [-0.1, -0.05) is 36.4 Å². The Morgan fingerprint density at radius 1 is 1.17 bits per heavy atom. The summed E-state index contributed by atoms with van der Waals surface area (Å²) >= 11 is 0. The van der Waals surface area contributed by atoms with Gasteiger partial charge < -0.3 is 15.4 Å². The fourth-order valence-electron chi connectivity index (χ4n) is 3.50. The van der Waals surface area contributed by atoms with E-state index in [0.717, 1.165) is 37.7 Å². The van der Waals surface area contributed by atoms with Crippen molar-refractivity contribution >= 4 is 29.9 Å². The fourth-order valence-corrected chi connectivity index (χ4v) is 3.50. The van der Waals surface area contributed by atoms with E-state index in [1.165, 1.54) is 18.4 Å². The molecule has 29 heavy (non-hydrogen) atoms. The van der Waals surface area contributed by atoms with Crippen LogP contribution in [0.15, 0.2) is 53.7 Å². The molecule has 1 aromatic heterocycles. The van der Waals surface area contributed by atoms with Crippen molar-refractivity contribution in [1.82, 2.24) is 20.5 Å². The number of hydrogen-bond donors (Lipinski definition) is 2. The molecule has 6 nitrogen and oxygen atoms in total. The van der Waals surface area contributed by atoms with Gasteiger partial charge in [-0.3, -0.25) is 4.90 Å². The summed E-state index contributed by atoms with van der Waals surface area (Å²) in [5.74, 6) is 1.47. The molecule has 1 fully saturated rings. The molecule has 1 saturated heterocycles. The third kappa shape index (κ3) is 7.47. The van der Waals surface area contributed by atoms with Crippen LogP contribution in [0.1, 0.15) is 30.9 Å². The molecule has 2 aromatic rings. The van der Waals surface area contributed by atoms with Gasteiger partial charge in [0.1, 0.15) is 0 Å². The molecule has 1 aliphatic heterocycles. The maximum absolute atomic E-state index is 5.11. The second kappa shape index (κ2) is 12.6. The first-order valence-corrected chi connectivity index (χ1v) is 10.1. The standard InChI is InChI=1S/C22H31N5O.HI/c1-3-23-22(25-15-19-11-12-21(28-2)24-14-19)26-16-20-10-7-13-27(20)17-18-8-5-4-6-9-18;/h4-6,8-9,11-12,14,20H,3,7,10,13,15-17H2,1-2H3,(H2,23,25,26);1H. The van der Waals surface area contributed by atoms with Crippen molar-refractivity contribution in [2.24, 2.45) is 4.99 Å². The number of hydrogen-bond acceptors (Lipinski definition) is 4. The lowest BCUT2D eigenvalue weighted by Crippen LogP contribution is -2.44. The number of nitrogens with zero attached hydrogens (tertiary/aromatic N) is 3. The lowest BCUT2D eigenvalue weighted by molar-refractivity contribution is 0.245. The Labute approximate surface area is 191 Å². The number of pyridine rings is 1. The summed E-state index contributed by atoms with van der Waals surface area (Å²) in [5, 5.41) is 6.86. The zero-order valence-electron chi connectivity index (χ0n) is 17.3. The Kier molecular flexibility index (Phi) is 10.2. The Morgan fingerprint density at radius 2 is 2.00 bits per heavy atom. The highest BCUT2D eigenvalue weighted by molar-refractivity contribution is 14.0. The molecule has 3 rings (SSSR count). The van der Waals surface area contributed by atoms with Gasteiger partial charge in [-0.25, -0.2) is 9.98 Å². The lowest BCUT2D eigenvalue weighted by Gasteiger charge is -2.25. The Bertz CT molecular complexity index is 739. The molecule has 0 radical (unpaired) electrons. The highest BCUT2D eigenvalue weighted by Crippen LogP contribution is 2.19. The lowest BCUT2D eigenvalue weighted by atomic mass is 10.2. The van der Waals surface area contributed by atoms with E-state index in [9.17, 15) is 0 Å². The minimum absolute atomic E-state index is 0. The maximum Gasteiger partial charge on any atom is 0.212 e. The fraction of sp³-hybridized carbons (Fsp3) is 0.455. The number of guanidine groups is 1. The van der Waals surface area contributed by atoms with Crippen LogP contribution in [0, 0.1) is 0 Å². The number of nitrogens with one attached hydrogen (secondary N) is 2. The minimum atomic E-state index is 0. The molecule has 2 heterocycles. The molecule has 1 atom stereocenters. The normalized spacial score (nSPS) is 16.9. The van der Waals surface area contributed by atoms with Crippen LogP contribution in [-0.4, -0.2) is 48.6 Å². The molecular formula is C22H32IN5O. The van der Waals surface area contributed by atoms with E-state index in [2.05, 4.69) is 57.8 Å². The molecule has 1 aromatic carbocycles. The molecule has 0 aliphatic carbocycles. The topological polar surface area (TPSA) is 61.8 Å². The van der Waals surface area contributed by atoms with Crippen LogP contribution in [0.25, 0.3) is 0 Å². The zero-order chi connectivity index (χ0) is 19.6. The molecule has 2 N–H and O–H groups in total. The van der Waals surface area contributed by atoms with Crippen molar-refractivity contribution in [1.29, 1.82) is 0 Å². The van der Waals surface area contributed by atoms with Crippen molar-refractivity contribution in [2.75, 3.05) is 26.7 Å². The first-order valence-electron chi connectivity index (χ1n) is 10.1. The Hall–Kier alpha value is -1.87. The van der Waals surface area contributed by atoms with Crippen LogP contribution in [0.2, 0.25) is 0 Å². The smallest absolute Gasteiger partial charge is 0.212 e. The van der Waals surface area contributed by atoms with Crippen molar-refractivity contribution in [3.05, 3.63) is 59.8 Å². The quantitative estimate of drug-likeness (QED) is 0.325. The van der Waals surface area contributed by atoms with Gasteiger partial charge in [0.05, 0.1) is 13.7 Å². The van der Waals surface area contributed by atoms with E-state index >= 15 is 0 Å².